The van der Waals surface area contributed by atoms with Crippen molar-refractivity contribution in [3.63, 3.8) is 0 Å². The number of hydrogen-bond donors (Lipinski definition) is 2. The number of rotatable bonds is 2. The Morgan fingerprint density at radius 3 is 2.35 bits per heavy atom. The maximum absolute atomic E-state index is 13.0. The first kappa shape index (κ1) is 14.3. The molecule has 2 rings (SSSR count). The fraction of sp³-hybridized carbons (Fsp3) is 0.133. The number of aryl methyl sites for hydroxylation is 2. The molecule has 104 valence electrons. The number of nitrogens with two attached hydrogens (primary N) is 1. The maximum atomic E-state index is 13.0. The minimum atomic E-state index is -0.480. The molecular weight excluding hydrogens is 279 g/mol. The summed E-state index contributed by atoms with van der Waals surface area (Å²) in [4.78, 5) is 12.2. The van der Waals surface area contributed by atoms with Crippen LogP contribution in [0.5, 0.6) is 0 Å². The van der Waals surface area contributed by atoms with Crippen LogP contribution in [0.15, 0.2) is 30.3 Å². The molecule has 0 aliphatic heterocycles. The number of nitrogen functional groups attached to an aromatic ring is 1. The first-order valence-electron chi connectivity index (χ1n) is 6.01. The summed E-state index contributed by atoms with van der Waals surface area (Å²) in [5.41, 5.74) is 8.99. The topological polar surface area (TPSA) is 55.1 Å². The summed E-state index contributed by atoms with van der Waals surface area (Å²) >= 11 is 5.87. The Kier molecular flexibility index (Phi) is 3.95. The minimum absolute atomic E-state index is 0.0771. The Morgan fingerprint density at radius 1 is 1.20 bits per heavy atom. The van der Waals surface area contributed by atoms with E-state index in [0.717, 1.165) is 17.2 Å². The van der Waals surface area contributed by atoms with Gasteiger partial charge in [-0.3, -0.25) is 4.79 Å². The van der Waals surface area contributed by atoms with Gasteiger partial charge in [0, 0.05) is 11.4 Å². The number of carbonyl (C=O) groups is 1. The third-order valence-corrected chi connectivity index (χ3v) is 3.28. The summed E-state index contributed by atoms with van der Waals surface area (Å²) in [6.45, 7) is 3.70. The highest BCUT2D eigenvalue weighted by Gasteiger charge is 2.13. The monoisotopic (exact) mass is 292 g/mol. The van der Waals surface area contributed by atoms with E-state index >= 15 is 0 Å². The van der Waals surface area contributed by atoms with E-state index in [1.54, 1.807) is 12.1 Å². The Hall–Kier alpha value is -2.07. The fourth-order valence-corrected chi connectivity index (χ4v) is 2.30. The molecule has 0 spiro atoms. The van der Waals surface area contributed by atoms with Crippen LogP contribution < -0.4 is 11.1 Å². The van der Waals surface area contributed by atoms with Crippen LogP contribution in [0.1, 0.15) is 21.5 Å². The zero-order valence-electron chi connectivity index (χ0n) is 11.1. The molecule has 3 N–H and O–H groups in total. The molecule has 0 saturated heterocycles. The molecule has 0 radical (unpaired) electrons. The van der Waals surface area contributed by atoms with E-state index in [4.69, 9.17) is 17.3 Å². The van der Waals surface area contributed by atoms with Gasteiger partial charge in [0.15, 0.2) is 0 Å². The molecule has 0 saturated carbocycles. The summed E-state index contributed by atoms with van der Waals surface area (Å²) in [5.74, 6) is -0.864. The predicted octanol–water partition coefficient (Wildman–Crippen LogP) is 3.93. The van der Waals surface area contributed by atoms with E-state index in [2.05, 4.69) is 5.32 Å². The molecule has 0 heterocycles. The van der Waals surface area contributed by atoms with Crippen molar-refractivity contribution < 1.29 is 9.18 Å². The third-order valence-electron chi connectivity index (χ3n) is 2.97. The largest absolute Gasteiger partial charge is 0.399 e. The maximum Gasteiger partial charge on any atom is 0.257 e. The SMILES string of the molecule is Cc1cc(N)cc(C)c1NC(=O)c1ccc(F)cc1Cl. The van der Waals surface area contributed by atoms with Crippen LogP contribution >= 0.6 is 11.6 Å². The zero-order valence-corrected chi connectivity index (χ0v) is 11.9. The quantitative estimate of drug-likeness (QED) is 0.824. The van der Waals surface area contributed by atoms with Gasteiger partial charge in [-0.05, 0) is 55.3 Å². The first-order chi connectivity index (χ1) is 9.38. The molecule has 20 heavy (non-hydrogen) atoms. The van der Waals surface area contributed by atoms with Crippen LogP contribution in [-0.2, 0) is 0 Å². The van der Waals surface area contributed by atoms with Gasteiger partial charge in [-0.2, -0.15) is 0 Å². The van der Waals surface area contributed by atoms with Gasteiger partial charge in [0.25, 0.3) is 5.91 Å². The average Bonchev–Trinajstić information content (AvgIpc) is 2.33. The first-order valence-corrected chi connectivity index (χ1v) is 6.39. The van der Waals surface area contributed by atoms with E-state index in [9.17, 15) is 9.18 Å². The van der Waals surface area contributed by atoms with Crippen LogP contribution in [0.25, 0.3) is 0 Å². The van der Waals surface area contributed by atoms with E-state index in [-0.39, 0.29) is 16.5 Å². The van der Waals surface area contributed by atoms with E-state index < -0.39 is 5.82 Å². The number of amides is 1. The second-order valence-corrected chi connectivity index (χ2v) is 5.02. The lowest BCUT2D eigenvalue weighted by Crippen LogP contribution is -2.14. The molecule has 1 amide bonds. The molecule has 0 aromatic heterocycles. The predicted molar refractivity (Wildman–Crippen MR) is 79.7 cm³/mol. The van der Waals surface area contributed by atoms with Gasteiger partial charge < -0.3 is 11.1 Å². The Morgan fingerprint density at radius 2 is 1.80 bits per heavy atom. The second kappa shape index (κ2) is 5.51. The van der Waals surface area contributed by atoms with E-state index in [1.807, 2.05) is 13.8 Å². The van der Waals surface area contributed by atoms with Crippen molar-refractivity contribution >= 4 is 28.9 Å². The fourth-order valence-electron chi connectivity index (χ4n) is 2.05. The highest BCUT2D eigenvalue weighted by molar-refractivity contribution is 6.34. The van der Waals surface area contributed by atoms with Crippen LogP contribution in [0.4, 0.5) is 15.8 Å². The van der Waals surface area contributed by atoms with Crippen molar-refractivity contribution in [3.05, 3.63) is 57.9 Å². The molecule has 0 bridgehead atoms. The lowest BCUT2D eigenvalue weighted by atomic mass is 10.1. The van der Waals surface area contributed by atoms with Crippen molar-refractivity contribution in [2.45, 2.75) is 13.8 Å². The molecule has 0 fully saturated rings. The number of carbonyl (C=O) groups excluding carboxylic acids is 1. The van der Waals surface area contributed by atoms with Crippen LogP contribution in [-0.4, -0.2) is 5.91 Å². The standard InChI is InChI=1S/C15H14ClFN2O/c1-8-5-11(18)6-9(2)14(8)19-15(20)12-4-3-10(17)7-13(12)16/h3-7H,18H2,1-2H3,(H,19,20). The van der Waals surface area contributed by atoms with Gasteiger partial charge in [-0.25, -0.2) is 4.39 Å². The van der Waals surface area contributed by atoms with Crippen molar-refractivity contribution in [3.8, 4) is 0 Å². The third kappa shape index (κ3) is 2.91. The van der Waals surface area contributed by atoms with Gasteiger partial charge in [-0.1, -0.05) is 11.6 Å². The molecule has 0 unspecified atom stereocenters. The van der Waals surface area contributed by atoms with Gasteiger partial charge in [0.2, 0.25) is 0 Å². The summed E-state index contributed by atoms with van der Waals surface area (Å²) in [7, 11) is 0. The van der Waals surface area contributed by atoms with Gasteiger partial charge in [0.05, 0.1) is 10.6 Å². The lowest BCUT2D eigenvalue weighted by molar-refractivity contribution is 0.102. The van der Waals surface area contributed by atoms with Crippen molar-refractivity contribution in [2.24, 2.45) is 0 Å². The number of nitrogens with one attached hydrogen (secondary N) is 1. The molecule has 0 aliphatic carbocycles. The smallest absolute Gasteiger partial charge is 0.257 e. The summed E-state index contributed by atoms with van der Waals surface area (Å²) < 4.78 is 13.0. The zero-order chi connectivity index (χ0) is 14.9. The van der Waals surface area contributed by atoms with E-state index in [0.29, 0.717) is 11.4 Å². The van der Waals surface area contributed by atoms with Crippen molar-refractivity contribution in [1.29, 1.82) is 0 Å². The molecule has 0 atom stereocenters. The van der Waals surface area contributed by atoms with Crippen molar-refractivity contribution in [1.82, 2.24) is 0 Å². The Balaban J connectivity index is 2.33. The molecule has 2 aromatic carbocycles. The molecule has 3 nitrogen and oxygen atoms in total. The number of halogens is 2. The highest BCUT2D eigenvalue weighted by Crippen LogP contribution is 2.25. The molecule has 0 aliphatic rings. The van der Waals surface area contributed by atoms with E-state index in [1.165, 1.54) is 12.1 Å². The summed E-state index contributed by atoms with van der Waals surface area (Å²) in [5, 5.41) is 2.86. The average molecular weight is 293 g/mol. The van der Waals surface area contributed by atoms with Gasteiger partial charge >= 0.3 is 0 Å². The number of anilines is 2. The summed E-state index contributed by atoms with van der Waals surface area (Å²) in [6, 6.07) is 7.21. The highest BCUT2D eigenvalue weighted by atomic mass is 35.5. The Bertz CT molecular complexity index is 663. The second-order valence-electron chi connectivity index (χ2n) is 4.61. The minimum Gasteiger partial charge on any atom is -0.399 e. The van der Waals surface area contributed by atoms with Gasteiger partial charge in [0.1, 0.15) is 5.82 Å². The summed E-state index contributed by atoms with van der Waals surface area (Å²) in [6.07, 6.45) is 0. The lowest BCUT2D eigenvalue weighted by Gasteiger charge is -2.13. The Labute approximate surface area is 121 Å². The van der Waals surface area contributed by atoms with Crippen LogP contribution in [0, 0.1) is 19.7 Å². The molecular formula is C15H14ClFN2O. The molecule has 5 heteroatoms. The number of benzene rings is 2. The number of hydrogen-bond acceptors (Lipinski definition) is 2. The van der Waals surface area contributed by atoms with Crippen LogP contribution in [0.2, 0.25) is 5.02 Å². The van der Waals surface area contributed by atoms with Crippen molar-refractivity contribution in [2.75, 3.05) is 11.1 Å². The normalized spacial score (nSPS) is 10.4. The van der Waals surface area contributed by atoms with Gasteiger partial charge in [-0.15, -0.1) is 0 Å². The molecule has 2 aromatic rings. The van der Waals surface area contributed by atoms with Crippen LogP contribution in [0.3, 0.4) is 0 Å².